The Bertz CT molecular complexity index is 665. The van der Waals surface area contributed by atoms with E-state index in [1.807, 2.05) is 0 Å². The van der Waals surface area contributed by atoms with Gasteiger partial charge in [-0.05, 0) is 42.7 Å². The summed E-state index contributed by atoms with van der Waals surface area (Å²) in [5.74, 6) is 0.831. The summed E-state index contributed by atoms with van der Waals surface area (Å²) in [7, 11) is 0. The van der Waals surface area contributed by atoms with Gasteiger partial charge in [-0.15, -0.1) is 0 Å². The van der Waals surface area contributed by atoms with Crippen LogP contribution in [0, 0.1) is 5.92 Å². The van der Waals surface area contributed by atoms with Gasteiger partial charge in [0, 0.05) is 29.7 Å². The lowest BCUT2D eigenvalue weighted by Gasteiger charge is -2.25. The molecule has 1 saturated heterocycles. The predicted octanol–water partition coefficient (Wildman–Crippen LogP) is 4.10. The van der Waals surface area contributed by atoms with Crippen LogP contribution in [0.5, 0.6) is 0 Å². The zero-order valence-electron chi connectivity index (χ0n) is 12.5. The number of nitrogens with zero attached hydrogens (tertiary/aromatic N) is 1. The molecule has 3 rings (SSSR count). The molecule has 1 aliphatic heterocycles. The fourth-order valence-corrected chi connectivity index (χ4v) is 3.46. The van der Waals surface area contributed by atoms with Gasteiger partial charge in [0.2, 0.25) is 0 Å². The third-order valence-electron chi connectivity index (χ3n) is 4.52. The molecule has 0 spiro atoms. The lowest BCUT2D eigenvalue weighted by Crippen LogP contribution is -2.24. The van der Waals surface area contributed by atoms with Crippen molar-refractivity contribution in [3.63, 3.8) is 0 Å². The van der Waals surface area contributed by atoms with Crippen LogP contribution < -0.4 is 10.6 Å². The number of benzene rings is 2. The number of fused-ring (bicyclic) bond motifs is 1. The molecule has 2 aromatic rings. The van der Waals surface area contributed by atoms with Crippen LogP contribution in [0.3, 0.4) is 0 Å². The minimum Gasteiger partial charge on any atom is -0.389 e. The van der Waals surface area contributed by atoms with Gasteiger partial charge in [-0.2, -0.15) is 0 Å². The number of thiocarbonyl (C=S) groups is 1. The van der Waals surface area contributed by atoms with Crippen LogP contribution in [0.1, 0.15) is 31.7 Å². The highest BCUT2D eigenvalue weighted by molar-refractivity contribution is 7.80. The van der Waals surface area contributed by atoms with Gasteiger partial charge in [0.1, 0.15) is 4.99 Å². The fraction of sp³-hybridized carbons (Fsp3) is 0.389. The molecular weight excluding hydrogens is 276 g/mol. The first-order valence-corrected chi connectivity index (χ1v) is 8.14. The average Bonchev–Trinajstić information content (AvgIpc) is 2.70. The lowest BCUT2D eigenvalue weighted by atomic mass is 10.0. The van der Waals surface area contributed by atoms with Crippen LogP contribution in [-0.4, -0.2) is 18.1 Å². The number of nitrogens with two attached hydrogens (primary N) is 1. The van der Waals surface area contributed by atoms with Crippen molar-refractivity contribution in [1.82, 2.24) is 0 Å². The molecule has 21 heavy (non-hydrogen) atoms. The molecule has 0 aliphatic carbocycles. The summed E-state index contributed by atoms with van der Waals surface area (Å²) >= 11 is 5.19. The molecule has 1 heterocycles. The van der Waals surface area contributed by atoms with E-state index in [0.717, 1.165) is 24.6 Å². The zero-order chi connectivity index (χ0) is 14.8. The molecule has 1 atom stereocenters. The molecule has 0 bridgehead atoms. The van der Waals surface area contributed by atoms with Crippen molar-refractivity contribution in [3.8, 4) is 0 Å². The van der Waals surface area contributed by atoms with Crippen molar-refractivity contribution in [2.75, 3.05) is 18.0 Å². The maximum Gasteiger partial charge on any atom is 0.104 e. The Labute approximate surface area is 131 Å². The Morgan fingerprint density at radius 1 is 1.10 bits per heavy atom. The standard InChI is InChI=1S/C18H22N2S/c1-13-5-4-11-20(12-10-13)17-9-8-16(18(19)21)14-6-2-3-7-15(14)17/h2-3,6-9,13H,4-5,10-12H2,1H3,(H2,19,21). The molecule has 2 N–H and O–H groups in total. The van der Waals surface area contributed by atoms with E-state index in [4.69, 9.17) is 18.0 Å². The van der Waals surface area contributed by atoms with Crippen molar-refractivity contribution in [1.29, 1.82) is 0 Å². The molecule has 0 radical (unpaired) electrons. The monoisotopic (exact) mass is 298 g/mol. The Balaban J connectivity index is 2.07. The Hall–Kier alpha value is -1.61. The second-order valence-corrected chi connectivity index (χ2v) is 6.51. The van der Waals surface area contributed by atoms with Crippen LogP contribution in [0.4, 0.5) is 5.69 Å². The topological polar surface area (TPSA) is 29.3 Å². The van der Waals surface area contributed by atoms with Gasteiger partial charge < -0.3 is 10.6 Å². The summed E-state index contributed by atoms with van der Waals surface area (Å²) in [5, 5.41) is 2.43. The third-order valence-corrected chi connectivity index (χ3v) is 4.74. The first-order chi connectivity index (χ1) is 10.2. The molecule has 0 aromatic heterocycles. The molecule has 110 valence electrons. The third kappa shape index (κ3) is 2.88. The smallest absolute Gasteiger partial charge is 0.104 e. The van der Waals surface area contributed by atoms with Crippen molar-refractivity contribution < 1.29 is 0 Å². The maximum atomic E-state index is 5.87. The molecule has 1 unspecified atom stereocenters. The summed E-state index contributed by atoms with van der Waals surface area (Å²) < 4.78 is 0. The quantitative estimate of drug-likeness (QED) is 0.846. The van der Waals surface area contributed by atoms with E-state index < -0.39 is 0 Å². The highest BCUT2D eigenvalue weighted by Crippen LogP contribution is 2.31. The van der Waals surface area contributed by atoms with Gasteiger partial charge in [-0.25, -0.2) is 0 Å². The van der Waals surface area contributed by atoms with Gasteiger partial charge in [0.05, 0.1) is 0 Å². The van der Waals surface area contributed by atoms with Crippen LogP contribution in [0.2, 0.25) is 0 Å². The number of hydrogen-bond acceptors (Lipinski definition) is 2. The number of hydrogen-bond donors (Lipinski definition) is 1. The van der Waals surface area contributed by atoms with Crippen molar-refractivity contribution in [2.24, 2.45) is 11.7 Å². The first kappa shape index (κ1) is 14.3. The molecule has 0 saturated carbocycles. The Morgan fingerprint density at radius 2 is 1.86 bits per heavy atom. The van der Waals surface area contributed by atoms with Gasteiger partial charge in [-0.3, -0.25) is 0 Å². The van der Waals surface area contributed by atoms with E-state index in [9.17, 15) is 0 Å². The van der Waals surface area contributed by atoms with Gasteiger partial charge in [0.15, 0.2) is 0 Å². The molecule has 1 fully saturated rings. The first-order valence-electron chi connectivity index (χ1n) is 7.73. The average molecular weight is 298 g/mol. The number of anilines is 1. The molecular formula is C18H22N2S. The van der Waals surface area contributed by atoms with E-state index >= 15 is 0 Å². The lowest BCUT2D eigenvalue weighted by molar-refractivity contribution is 0.521. The molecule has 3 heteroatoms. The largest absolute Gasteiger partial charge is 0.389 e. The predicted molar refractivity (Wildman–Crippen MR) is 95.1 cm³/mol. The highest BCUT2D eigenvalue weighted by Gasteiger charge is 2.17. The molecule has 2 aromatic carbocycles. The minimum atomic E-state index is 0.474. The summed E-state index contributed by atoms with van der Waals surface area (Å²) in [6.07, 6.45) is 3.87. The normalized spacial score (nSPS) is 19.5. The van der Waals surface area contributed by atoms with Crippen LogP contribution in [-0.2, 0) is 0 Å². The van der Waals surface area contributed by atoms with Crippen LogP contribution >= 0.6 is 12.2 Å². The minimum absolute atomic E-state index is 0.474. The van der Waals surface area contributed by atoms with Crippen molar-refractivity contribution in [2.45, 2.75) is 26.2 Å². The van der Waals surface area contributed by atoms with E-state index in [1.54, 1.807) is 0 Å². The van der Waals surface area contributed by atoms with E-state index in [-0.39, 0.29) is 0 Å². The Morgan fingerprint density at radius 3 is 2.62 bits per heavy atom. The molecule has 1 aliphatic rings. The SMILES string of the molecule is CC1CCCN(c2ccc(C(N)=S)c3ccccc23)CC1. The fourth-order valence-electron chi connectivity index (χ4n) is 3.28. The van der Waals surface area contributed by atoms with E-state index in [2.05, 4.69) is 48.2 Å². The maximum absolute atomic E-state index is 5.87. The summed E-state index contributed by atoms with van der Waals surface area (Å²) in [6, 6.07) is 12.7. The van der Waals surface area contributed by atoms with Gasteiger partial charge >= 0.3 is 0 Å². The molecule has 0 amide bonds. The number of rotatable bonds is 2. The summed E-state index contributed by atoms with van der Waals surface area (Å²) in [6.45, 7) is 4.63. The van der Waals surface area contributed by atoms with E-state index in [1.165, 1.54) is 35.7 Å². The molecule has 2 nitrogen and oxygen atoms in total. The second kappa shape index (κ2) is 6.02. The Kier molecular flexibility index (Phi) is 4.11. The highest BCUT2D eigenvalue weighted by atomic mass is 32.1. The zero-order valence-corrected chi connectivity index (χ0v) is 13.3. The van der Waals surface area contributed by atoms with Gasteiger partial charge in [-0.1, -0.05) is 43.4 Å². The van der Waals surface area contributed by atoms with Crippen molar-refractivity contribution in [3.05, 3.63) is 42.0 Å². The summed E-state index contributed by atoms with van der Waals surface area (Å²) in [4.78, 5) is 3.00. The van der Waals surface area contributed by atoms with E-state index in [0.29, 0.717) is 4.99 Å². The van der Waals surface area contributed by atoms with Crippen molar-refractivity contribution >= 4 is 33.7 Å². The summed E-state index contributed by atoms with van der Waals surface area (Å²) in [5.41, 5.74) is 8.17. The van der Waals surface area contributed by atoms with Crippen LogP contribution in [0.25, 0.3) is 10.8 Å². The van der Waals surface area contributed by atoms with Crippen LogP contribution in [0.15, 0.2) is 36.4 Å². The second-order valence-electron chi connectivity index (χ2n) is 6.07. The van der Waals surface area contributed by atoms with Gasteiger partial charge in [0.25, 0.3) is 0 Å².